The summed E-state index contributed by atoms with van der Waals surface area (Å²) in [5.74, 6) is 0. The lowest BCUT2D eigenvalue weighted by molar-refractivity contribution is 0.587. The first-order valence-corrected chi connectivity index (χ1v) is 9.40. The highest BCUT2D eigenvalue weighted by Gasteiger charge is 2.43. The molecule has 0 aliphatic heterocycles. The summed E-state index contributed by atoms with van der Waals surface area (Å²) in [4.78, 5) is 0. The molecule has 0 spiro atoms. The molecule has 0 atom stereocenters. The summed E-state index contributed by atoms with van der Waals surface area (Å²) in [6.45, 7) is 10.9. The van der Waals surface area contributed by atoms with Gasteiger partial charge in [0.05, 0.1) is 0 Å². The van der Waals surface area contributed by atoms with Crippen molar-refractivity contribution in [2.45, 2.75) is 38.0 Å². The van der Waals surface area contributed by atoms with Crippen molar-refractivity contribution in [3.63, 3.8) is 0 Å². The van der Waals surface area contributed by atoms with Crippen LogP contribution in [0.25, 0.3) is 11.1 Å². The summed E-state index contributed by atoms with van der Waals surface area (Å²) >= 11 is 0. The Labute approximate surface area is 157 Å². The van der Waals surface area contributed by atoms with Crippen molar-refractivity contribution in [3.8, 4) is 11.1 Å². The van der Waals surface area contributed by atoms with Crippen molar-refractivity contribution in [1.82, 2.24) is 0 Å². The number of rotatable bonds is 3. The average Bonchev–Trinajstić information content (AvgIpc) is 2.93. The lowest BCUT2D eigenvalue weighted by Gasteiger charge is -2.32. The fraction of sp³-hybridized carbons (Fsp3) is 0.231. The molecular formula is C26H26. The number of benzene rings is 3. The van der Waals surface area contributed by atoms with Crippen LogP contribution in [0.4, 0.5) is 0 Å². The van der Waals surface area contributed by atoms with E-state index < -0.39 is 0 Å². The number of hydrogen-bond donors (Lipinski definition) is 0. The Kier molecular flexibility index (Phi) is 3.88. The van der Waals surface area contributed by atoms with Crippen molar-refractivity contribution in [2.24, 2.45) is 0 Å². The Morgan fingerprint density at radius 2 is 1.27 bits per heavy atom. The van der Waals surface area contributed by atoms with Gasteiger partial charge in [-0.2, -0.15) is 0 Å². The molecule has 1 aliphatic carbocycles. The van der Waals surface area contributed by atoms with Gasteiger partial charge in [0.25, 0.3) is 0 Å². The molecule has 0 N–H and O–H groups in total. The van der Waals surface area contributed by atoms with Gasteiger partial charge in [-0.3, -0.25) is 0 Å². The van der Waals surface area contributed by atoms with Gasteiger partial charge in [-0.05, 0) is 45.2 Å². The predicted molar refractivity (Wildman–Crippen MR) is 112 cm³/mol. The molecule has 3 aromatic carbocycles. The topological polar surface area (TPSA) is 0 Å². The van der Waals surface area contributed by atoms with Crippen molar-refractivity contribution >= 4 is 0 Å². The van der Waals surface area contributed by atoms with Crippen LogP contribution in [0.1, 0.15) is 49.4 Å². The summed E-state index contributed by atoms with van der Waals surface area (Å²) in [7, 11) is 0. The SMILES string of the molecule is C=CCC1(c2ccc(C(C)(C)C)cc2)c2ccccc2-c2ccccc21. The van der Waals surface area contributed by atoms with E-state index in [1.54, 1.807) is 0 Å². The molecule has 130 valence electrons. The van der Waals surface area contributed by atoms with E-state index in [2.05, 4.69) is 106 Å². The first kappa shape index (κ1) is 16.8. The molecule has 0 saturated heterocycles. The molecule has 0 heteroatoms. The predicted octanol–water partition coefficient (Wildman–Crippen LogP) is 6.88. The highest BCUT2D eigenvalue weighted by molar-refractivity contribution is 5.83. The molecule has 0 nitrogen and oxygen atoms in total. The van der Waals surface area contributed by atoms with Gasteiger partial charge < -0.3 is 0 Å². The fourth-order valence-corrected chi connectivity index (χ4v) is 4.45. The third-order valence-electron chi connectivity index (χ3n) is 5.76. The molecule has 0 amide bonds. The molecule has 0 unspecified atom stereocenters. The molecule has 0 fully saturated rings. The van der Waals surface area contributed by atoms with Crippen LogP contribution in [0.3, 0.4) is 0 Å². The molecule has 3 aromatic rings. The smallest absolute Gasteiger partial charge is 0.0497 e. The van der Waals surface area contributed by atoms with E-state index in [0.717, 1.165) is 6.42 Å². The van der Waals surface area contributed by atoms with E-state index in [4.69, 9.17) is 0 Å². The summed E-state index contributed by atoms with van der Waals surface area (Å²) in [5.41, 5.74) is 8.22. The van der Waals surface area contributed by atoms with Crippen LogP contribution in [0, 0.1) is 0 Å². The minimum Gasteiger partial charge on any atom is -0.103 e. The summed E-state index contributed by atoms with van der Waals surface area (Å²) in [6, 6.07) is 26.9. The van der Waals surface area contributed by atoms with Crippen molar-refractivity contribution in [3.05, 3.63) is 108 Å². The van der Waals surface area contributed by atoms with Gasteiger partial charge in [-0.15, -0.1) is 6.58 Å². The van der Waals surface area contributed by atoms with Crippen molar-refractivity contribution in [1.29, 1.82) is 0 Å². The van der Waals surface area contributed by atoms with Crippen LogP contribution in [-0.4, -0.2) is 0 Å². The highest BCUT2D eigenvalue weighted by atomic mass is 14.4. The molecule has 0 heterocycles. The molecule has 0 saturated carbocycles. The van der Waals surface area contributed by atoms with Gasteiger partial charge in [0.2, 0.25) is 0 Å². The van der Waals surface area contributed by atoms with Crippen LogP contribution in [-0.2, 0) is 10.8 Å². The zero-order valence-corrected chi connectivity index (χ0v) is 15.9. The molecule has 0 bridgehead atoms. The Morgan fingerprint density at radius 1 is 0.769 bits per heavy atom. The van der Waals surface area contributed by atoms with Crippen LogP contribution in [0.15, 0.2) is 85.5 Å². The Balaban J connectivity index is 2.00. The second-order valence-corrected chi connectivity index (χ2v) is 8.32. The number of hydrogen-bond acceptors (Lipinski definition) is 0. The largest absolute Gasteiger partial charge is 0.103 e. The van der Waals surface area contributed by atoms with Crippen LogP contribution < -0.4 is 0 Å². The maximum atomic E-state index is 4.10. The number of fused-ring (bicyclic) bond motifs is 3. The Bertz CT molecular complexity index is 906. The monoisotopic (exact) mass is 338 g/mol. The third kappa shape index (κ3) is 2.36. The van der Waals surface area contributed by atoms with Crippen molar-refractivity contribution < 1.29 is 0 Å². The maximum absolute atomic E-state index is 4.10. The van der Waals surface area contributed by atoms with Gasteiger partial charge in [0.1, 0.15) is 0 Å². The summed E-state index contributed by atoms with van der Waals surface area (Å²) in [6.07, 6.45) is 2.96. The van der Waals surface area contributed by atoms with Crippen LogP contribution in [0.2, 0.25) is 0 Å². The van der Waals surface area contributed by atoms with E-state index in [0.29, 0.717) is 0 Å². The third-order valence-corrected chi connectivity index (χ3v) is 5.76. The molecular weight excluding hydrogens is 312 g/mol. The first-order chi connectivity index (χ1) is 12.5. The lowest BCUT2D eigenvalue weighted by atomic mass is 9.69. The zero-order chi connectivity index (χ0) is 18.4. The van der Waals surface area contributed by atoms with Gasteiger partial charge in [0, 0.05) is 5.41 Å². The normalized spacial score (nSPS) is 14.6. The second kappa shape index (κ2) is 5.99. The van der Waals surface area contributed by atoms with Gasteiger partial charge in [-0.1, -0.05) is 99.6 Å². The standard InChI is InChI=1S/C26H26/c1-5-18-26(20-16-14-19(15-17-20)25(2,3)4)23-12-8-6-10-21(23)22-11-7-9-13-24(22)26/h5-17H,1,18H2,2-4H3. The quantitative estimate of drug-likeness (QED) is 0.457. The summed E-state index contributed by atoms with van der Waals surface area (Å²) < 4.78 is 0. The zero-order valence-electron chi connectivity index (χ0n) is 15.9. The number of allylic oxidation sites excluding steroid dienone is 1. The second-order valence-electron chi connectivity index (χ2n) is 8.32. The molecule has 0 aromatic heterocycles. The Morgan fingerprint density at radius 3 is 1.73 bits per heavy atom. The van der Waals surface area contributed by atoms with Gasteiger partial charge in [-0.25, -0.2) is 0 Å². The minimum atomic E-state index is -0.147. The van der Waals surface area contributed by atoms with Crippen LogP contribution in [0.5, 0.6) is 0 Å². The lowest BCUT2D eigenvalue weighted by Crippen LogP contribution is -2.26. The average molecular weight is 338 g/mol. The molecule has 1 aliphatic rings. The van der Waals surface area contributed by atoms with Gasteiger partial charge in [0.15, 0.2) is 0 Å². The van der Waals surface area contributed by atoms with E-state index in [-0.39, 0.29) is 10.8 Å². The van der Waals surface area contributed by atoms with E-state index in [9.17, 15) is 0 Å². The van der Waals surface area contributed by atoms with E-state index in [1.165, 1.54) is 33.4 Å². The van der Waals surface area contributed by atoms with E-state index >= 15 is 0 Å². The van der Waals surface area contributed by atoms with Crippen molar-refractivity contribution in [2.75, 3.05) is 0 Å². The Hall–Kier alpha value is -2.60. The highest BCUT2D eigenvalue weighted by Crippen LogP contribution is 2.54. The van der Waals surface area contributed by atoms with E-state index in [1.807, 2.05) is 0 Å². The van der Waals surface area contributed by atoms with Gasteiger partial charge >= 0.3 is 0 Å². The first-order valence-electron chi connectivity index (χ1n) is 9.40. The molecule has 26 heavy (non-hydrogen) atoms. The fourth-order valence-electron chi connectivity index (χ4n) is 4.45. The maximum Gasteiger partial charge on any atom is 0.0497 e. The van der Waals surface area contributed by atoms with Crippen LogP contribution >= 0.6 is 0 Å². The summed E-state index contributed by atoms with van der Waals surface area (Å²) in [5, 5.41) is 0. The minimum absolute atomic E-state index is 0.147. The molecule has 0 radical (unpaired) electrons. The molecule has 4 rings (SSSR count).